The summed E-state index contributed by atoms with van der Waals surface area (Å²) in [6, 6.07) is 11.5. The van der Waals surface area contributed by atoms with Gasteiger partial charge in [0, 0.05) is 0 Å². The van der Waals surface area contributed by atoms with Crippen LogP contribution in [0.2, 0.25) is 0 Å². The third-order valence-corrected chi connectivity index (χ3v) is 7.46. The van der Waals surface area contributed by atoms with Gasteiger partial charge in [0.15, 0.2) is 0 Å². The lowest BCUT2D eigenvalue weighted by Gasteiger charge is -2.37. The number of H-pyrrole nitrogens is 1. The molecule has 1 fully saturated rings. The van der Waals surface area contributed by atoms with Crippen molar-refractivity contribution in [3.63, 3.8) is 0 Å². The zero-order valence-electron chi connectivity index (χ0n) is 17.6. The highest BCUT2D eigenvalue weighted by Gasteiger charge is 2.65. The second kappa shape index (κ2) is 6.48. The summed E-state index contributed by atoms with van der Waals surface area (Å²) in [4.78, 5) is 4.96. The van der Waals surface area contributed by atoms with Crippen LogP contribution in [0.4, 0.5) is 8.78 Å². The highest BCUT2D eigenvalue weighted by atomic mass is 19.1. The van der Waals surface area contributed by atoms with E-state index in [0.29, 0.717) is 5.69 Å². The van der Waals surface area contributed by atoms with Gasteiger partial charge >= 0.3 is 0 Å². The minimum atomic E-state index is -0.640. The summed E-state index contributed by atoms with van der Waals surface area (Å²) in [7, 11) is 0. The van der Waals surface area contributed by atoms with E-state index in [1.807, 2.05) is 24.3 Å². The molecule has 0 radical (unpaired) electrons. The molecule has 0 amide bonds. The molecule has 0 aliphatic heterocycles. The molecular weight excluding hydrogens is 410 g/mol. The van der Waals surface area contributed by atoms with Crippen molar-refractivity contribution in [3.05, 3.63) is 77.2 Å². The number of nitrogens with zero attached hydrogens (tertiary/aromatic N) is 5. The van der Waals surface area contributed by atoms with Crippen LogP contribution in [0, 0.1) is 17.0 Å². The van der Waals surface area contributed by atoms with Gasteiger partial charge in [0.1, 0.15) is 17.3 Å². The van der Waals surface area contributed by atoms with Crippen LogP contribution in [-0.4, -0.2) is 30.6 Å². The summed E-state index contributed by atoms with van der Waals surface area (Å²) in [5.41, 5.74) is 3.63. The molecular formula is C24H20F2N6. The molecule has 2 aliphatic rings. The van der Waals surface area contributed by atoms with Gasteiger partial charge in [-0.1, -0.05) is 26.0 Å². The number of hydrogen-bond acceptors (Lipinski definition) is 5. The molecule has 160 valence electrons. The number of rotatable bonds is 3. The lowest BCUT2D eigenvalue weighted by atomic mass is 9.66. The van der Waals surface area contributed by atoms with E-state index >= 15 is 0 Å². The van der Waals surface area contributed by atoms with Crippen LogP contribution < -0.4 is 0 Å². The van der Waals surface area contributed by atoms with Crippen molar-refractivity contribution in [3.8, 4) is 22.6 Å². The molecule has 6 nitrogen and oxygen atoms in total. The van der Waals surface area contributed by atoms with Gasteiger partial charge in [-0.2, -0.15) is 20.5 Å². The lowest BCUT2D eigenvalue weighted by molar-refractivity contribution is 0.243. The Morgan fingerprint density at radius 2 is 1.75 bits per heavy atom. The third kappa shape index (κ3) is 2.35. The Hall–Kier alpha value is -3.55. The van der Waals surface area contributed by atoms with Gasteiger partial charge in [0.25, 0.3) is 0 Å². The van der Waals surface area contributed by atoms with Crippen molar-refractivity contribution < 1.29 is 8.78 Å². The summed E-state index contributed by atoms with van der Waals surface area (Å²) in [5.74, 6) is -1.09. The molecule has 2 bridgehead atoms. The van der Waals surface area contributed by atoms with Gasteiger partial charge in [0.2, 0.25) is 0 Å². The minimum absolute atomic E-state index is 0.136. The molecule has 1 aromatic carbocycles. The van der Waals surface area contributed by atoms with E-state index < -0.39 is 17.0 Å². The van der Waals surface area contributed by atoms with Crippen molar-refractivity contribution in [1.29, 1.82) is 0 Å². The molecule has 0 spiro atoms. The molecule has 6 rings (SSSR count). The maximum atomic E-state index is 14.4. The Labute approximate surface area is 183 Å². The van der Waals surface area contributed by atoms with Crippen LogP contribution in [-0.2, 0) is 5.41 Å². The topological polar surface area (TPSA) is 80.2 Å². The Balaban J connectivity index is 1.54. The second-order valence-electron chi connectivity index (χ2n) is 9.11. The van der Waals surface area contributed by atoms with E-state index in [9.17, 15) is 8.78 Å². The van der Waals surface area contributed by atoms with Crippen molar-refractivity contribution in [1.82, 2.24) is 30.6 Å². The van der Waals surface area contributed by atoms with Crippen LogP contribution in [0.1, 0.15) is 49.6 Å². The first-order chi connectivity index (χ1) is 15.4. The summed E-state index contributed by atoms with van der Waals surface area (Å²) < 4.78 is 28.8. The largest absolute Gasteiger partial charge is 0.250 e. The molecule has 1 N–H and O–H groups in total. The summed E-state index contributed by atoms with van der Waals surface area (Å²) in [6.07, 6.45) is 3.47. The normalized spacial score (nSPS) is 22.8. The molecule has 3 heterocycles. The fraction of sp³-hybridized carbons (Fsp3) is 0.292. The van der Waals surface area contributed by atoms with Gasteiger partial charge in [0.05, 0.1) is 40.0 Å². The van der Waals surface area contributed by atoms with E-state index in [1.54, 1.807) is 6.20 Å². The monoisotopic (exact) mass is 430 g/mol. The molecule has 32 heavy (non-hydrogen) atoms. The summed E-state index contributed by atoms with van der Waals surface area (Å²) >= 11 is 0. The predicted octanol–water partition coefficient (Wildman–Crippen LogP) is 4.81. The smallest absolute Gasteiger partial charge is 0.135 e. The van der Waals surface area contributed by atoms with E-state index in [-0.39, 0.29) is 22.6 Å². The van der Waals surface area contributed by atoms with Gasteiger partial charge in [-0.3, -0.25) is 4.98 Å². The third-order valence-electron chi connectivity index (χ3n) is 7.46. The summed E-state index contributed by atoms with van der Waals surface area (Å²) in [6.45, 7) is 4.44. The van der Waals surface area contributed by atoms with E-state index in [1.165, 1.54) is 18.2 Å². The van der Waals surface area contributed by atoms with Crippen LogP contribution >= 0.6 is 0 Å². The number of pyridine rings is 1. The fourth-order valence-electron chi connectivity index (χ4n) is 5.90. The van der Waals surface area contributed by atoms with Crippen LogP contribution in [0.25, 0.3) is 22.6 Å². The van der Waals surface area contributed by atoms with Crippen molar-refractivity contribution in [2.45, 2.75) is 38.0 Å². The number of aromatic amines is 1. The number of benzene rings is 1. The van der Waals surface area contributed by atoms with Crippen LogP contribution in [0.3, 0.4) is 0 Å². The molecule has 4 aromatic rings. The number of fused-ring (bicyclic) bond motifs is 5. The lowest BCUT2D eigenvalue weighted by Crippen LogP contribution is -2.37. The highest BCUT2D eigenvalue weighted by molar-refractivity contribution is 5.64. The minimum Gasteiger partial charge on any atom is -0.250 e. The first-order valence-corrected chi connectivity index (χ1v) is 10.6. The highest BCUT2D eigenvalue weighted by Crippen LogP contribution is 2.69. The SMILES string of the molecule is CC1(C)[C@H]2CC[C@]1(c1cccc(-c3cn[nH]n3)n1)c1nnc(-c3c(F)cccc3F)cc12. The standard InChI is InChI=1S/C24H20F2N6/c1-23(2)14-9-10-24(23,20-8-4-7-17(28-20)19-12-27-32-30-19)22-13(14)11-18(29-31-22)21-15(25)5-3-6-16(21)26/h3-8,11-12,14H,9-10H2,1-2H3,(H,27,30,32)/t14-,24-/m0/s1. The molecule has 8 heteroatoms. The van der Waals surface area contributed by atoms with Crippen molar-refractivity contribution in [2.24, 2.45) is 5.41 Å². The second-order valence-corrected chi connectivity index (χ2v) is 9.11. The average molecular weight is 430 g/mol. The molecule has 2 atom stereocenters. The molecule has 0 saturated heterocycles. The average Bonchev–Trinajstić information content (AvgIpc) is 3.45. The first-order valence-electron chi connectivity index (χ1n) is 10.6. The van der Waals surface area contributed by atoms with Crippen molar-refractivity contribution in [2.75, 3.05) is 0 Å². The number of halogens is 2. The van der Waals surface area contributed by atoms with Gasteiger partial charge in [-0.05, 0) is 60.1 Å². The summed E-state index contributed by atoms with van der Waals surface area (Å²) in [5, 5.41) is 19.5. The van der Waals surface area contributed by atoms with Crippen LogP contribution in [0.15, 0.2) is 48.7 Å². The number of aromatic nitrogens is 6. The van der Waals surface area contributed by atoms with Gasteiger partial charge in [-0.15, -0.1) is 5.10 Å². The molecule has 0 unspecified atom stereocenters. The number of hydrogen-bond donors (Lipinski definition) is 1. The Bertz CT molecular complexity index is 1330. The maximum Gasteiger partial charge on any atom is 0.135 e. The zero-order valence-corrected chi connectivity index (χ0v) is 17.6. The fourth-order valence-corrected chi connectivity index (χ4v) is 5.90. The van der Waals surface area contributed by atoms with Gasteiger partial charge in [-0.25, -0.2) is 8.78 Å². The van der Waals surface area contributed by atoms with Crippen molar-refractivity contribution >= 4 is 0 Å². The van der Waals surface area contributed by atoms with E-state index in [2.05, 4.69) is 39.5 Å². The maximum absolute atomic E-state index is 14.4. The molecule has 3 aromatic heterocycles. The first kappa shape index (κ1) is 19.2. The van der Waals surface area contributed by atoms with Gasteiger partial charge < -0.3 is 0 Å². The number of nitrogens with one attached hydrogen (secondary N) is 1. The molecule has 2 aliphatic carbocycles. The predicted molar refractivity (Wildman–Crippen MR) is 114 cm³/mol. The zero-order chi connectivity index (χ0) is 22.1. The van der Waals surface area contributed by atoms with E-state index in [4.69, 9.17) is 4.98 Å². The quantitative estimate of drug-likeness (QED) is 0.505. The van der Waals surface area contributed by atoms with E-state index in [0.717, 1.165) is 35.5 Å². The molecule has 1 saturated carbocycles. The van der Waals surface area contributed by atoms with Crippen LogP contribution in [0.5, 0.6) is 0 Å². The Morgan fingerprint density at radius 3 is 2.50 bits per heavy atom. The Morgan fingerprint density at radius 1 is 0.969 bits per heavy atom. The Kier molecular flexibility index (Phi) is 3.88.